The van der Waals surface area contributed by atoms with Gasteiger partial charge in [0.15, 0.2) is 5.58 Å². The number of aromatic hydroxyl groups is 1. The minimum atomic E-state index is -0.765. The van der Waals surface area contributed by atoms with Crippen molar-refractivity contribution in [1.29, 1.82) is 0 Å². The van der Waals surface area contributed by atoms with Crippen LogP contribution in [0.5, 0.6) is 5.75 Å². The minimum absolute atomic E-state index is 0.0317. The molecule has 7 rings (SSSR count). The quantitative estimate of drug-likeness (QED) is 0.234. The topological polar surface area (TPSA) is 93.8 Å². The van der Waals surface area contributed by atoms with Crippen molar-refractivity contribution in [3.63, 3.8) is 0 Å². The molecule has 0 aliphatic heterocycles. The van der Waals surface area contributed by atoms with Gasteiger partial charge in [0.1, 0.15) is 33.6 Å². The maximum atomic E-state index is 12.9. The van der Waals surface area contributed by atoms with Gasteiger partial charge in [-0.3, -0.25) is 0 Å². The summed E-state index contributed by atoms with van der Waals surface area (Å²) in [6, 6.07) is 23.8. The zero-order valence-corrected chi connectivity index (χ0v) is 17.5. The van der Waals surface area contributed by atoms with E-state index in [2.05, 4.69) is 0 Å². The van der Waals surface area contributed by atoms with Crippen molar-refractivity contribution in [3.8, 4) is 17.1 Å². The highest BCUT2D eigenvalue weighted by Crippen LogP contribution is 2.38. The lowest BCUT2D eigenvalue weighted by molar-refractivity contribution is 0.467. The van der Waals surface area contributed by atoms with Crippen LogP contribution in [0, 0.1) is 0 Å². The second kappa shape index (κ2) is 6.59. The van der Waals surface area contributed by atoms with Crippen LogP contribution < -0.4 is 11.3 Å². The Morgan fingerprint density at radius 1 is 0.559 bits per heavy atom. The van der Waals surface area contributed by atoms with Crippen molar-refractivity contribution in [3.05, 3.63) is 99.7 Å². The maximum absolute atomic E-state index is 12.9. The second-order valence-electron chi connectivity index (χ2n) is 8.25. The molecule has 0 aliphatic rings. The summed E-state index contributed by atoms with van der Waals surface area (Å²) in [5, 5.41) is 15.8. The predicted molar refractivity (Wildman–Crippen MR) is 130 cm³/mol. The Hall–Kier alpha value is -4.84. The van der Waals surface area contributed by atoms with Crippen LogP contribution in [-0.4, -0.2) is 5.11 Å². The number of hydrogen-bond acceptors (Lipinski definition) is 6. The molecule has 0 unspecified atom stereocenters. The lowest BCUT2D eigenvalue weighted by Gasteiger charge is -2.06. The molecule has 3 aromatic heterocycles. The highest BCUT2D eigenvalue weighted by atomic mass is 16.4. The van der Waals surface area contributed by atoms with Crippen LogP contribution in [0.4, 0.5) is 0 Å². The van der Waals surface area contributed by atoms with Gasteiger partial charge in [0, 0.05) is 6.07 Å². The Balaban J connectivity index is 1.55. The fourth-order valence-electron chi connectivity index (χ4n) is 4.59. The number of hydrogen-bond donors (Lipinski definition) is 1. The van der Waals surface area contributed by atoms with Crippen molar-refractivity contribution >= 4 is 54.5 Å². The van der Waals surface area contributed by atoms with E-state index in [1.165, 1.54) is 6.07 Å². The van der Waals surface area contributed by atoms with Crippen molar-refractivity contribution in [2.75, 3.05) is 0 Å². The van der Waals surface area contributed by atoms with Crippen molar-refractivity contribution < 1.29 is 18.4 Å². The van der Waals surface area contributed by atoms with E-state index >= 15 is 0 Å². The summed E-state index contributed by atoms with van der Waals surface area (Å²) in [7, 11) is 0. The standard InChI is InChI=1S/C28H14O6/c29-25-18-9-14-5-1-3-7-16(14)11-21(18)34-28(31)24(25)23-13-20-26(32-23)19-10-15-6-2-4-8-17(15)12-22(19)33-27(20)30/h1-13,29H. The molecule has 0 spiro atoms. The molecule has 0 radical (unpaired) electrons. The van der Waals surface area contributed by atoms with Crippen LogP contribution in [0.25, 0.3) is 65.8 Å². The first kappa shape index (κ1) is 18.7. The molecule has 0 atom stereocenters. The van der Waals surface area contributed by atoms with Gasteiger partial charge in [0.2, 0.25) is 0 Å². The van der Waals surface area contributed by atoms with Crippen LogP contribution in [0.2, 0.25) is 0 Å². The summed E-state index contributed by atoms with van der Waals surface area (Å²) in [5.74, 6) is -0.237. The summed E-state index contributed by atoms with van der Waals surface area (Å²) in [5.41, 5.74) is -0.588. The van der Waals surface area contributed by atoms with Crippen molar-refractivity contribution in [1.82, 2.24) is 0 Å². The van der Waals surface area contributed by atoms with Gasteiger partial charge in [0.05, 0.1) is 10.8 Å². The fraction of sp³-hybridized carbons (Fsp3) is 0. The molecule has 0 fully saturated rings. The summed E-state index contributed by atoms with van der Waals surface area (Å²) in [6.45, 7) is 0. The number of benzene rings is 4. The third kappa shape index (κ3) is 2.56. The van der Waals surface area contributed by atoms with E-state index in [1.807, 2.05) is 54.6 Å². The van der Waals surface area contributed by atoms with Gasteiger partial charge in [-0.15, -0.1) is 0 Å². The Morgan fingerprint density at radius 3 is 1.74 bits per heavy atom. The van der Waals surface area contributed by atoms with Gasteiger partial charge in [0.25, 0.3) is 0 Å². The molecule has 7 aromatic rings. The summed E-state index contributed by atoms with van der Waals surface area (Å²) >= 11 is 0. The predicted octanol–water partition coefficient (Wildman–Crippen LogP) is 6.32. The molecule has 3 heterocycles. The van der Waals surface area contributed by atoms with E-state index in [4.69, 9.17) is 13.3 Å². The van der Waals surface area contributed by atoms with E-state index < -0.39 is 11.3 Å². The maximum Gasteiger partial charge on any atom is 0.351 e. The van der Waals surface area contributed by atoms with Gasteiger partial charge in [-0.05, 0) is 45.8 Å². The van der Waals surface area contributed by atoms with E-state index in [0.717, 1.165) is 21.5 Å². The Bertz CT molecular complexity index is 2070. The van der Waals surface area contributed by atoms with Crippen LogP contribution in [0.3, 0.4) is 0 Å². The first-order chi connectivity index (χ1) is 16.6. The van der Waals surface area contributed by atoms with Crippen molar-refractivity contribution in [2.45, 2.75) is 0 Å². The molecule has 6 heteroatoms. The first-order valence-electron chi connectivity index (χ1n) is 10.6. The van der Waals surface area contributed by atoms with Gasteiger partial charge in [-0.25, -0.2) is 9.59 Å². The molecular formula is C28H14O6. The third-order valence-corrected chi connectivity index (χ3v) is 6.24. The van der Waals surface area contributed by atoms with E-state index in [-0.39, 0.29) is 33.6 Å². The number of furan rings is 1. The highest BCUT2D eigenvalue weighted by molar-refractivity contribution is 6.08. The van der Waals surface area contributed by atoms with Crippen LogP contribution in [0.15, 0.2) is 102 Å². The zero-order chi connectivity index (χ0) is 23.0. The number of rotatable bonds is 1. The molecule has 0 saturated heterocycles. The van der Waals surface area contributed by atoms with Crippen LogP contribution in [0.1, 0.15) is 0 Å². The van der Waals surface area contributed by atoms with E-state index in [1.54, 1.807) is 18.2 Å². The van der Waals surface area contributed by atoms with Crippen LogP contribution >= 0.6 is 0 Å². The highest BCUT2D eigenvalue weighted by Gasteiger charge is 2.22. The third-order valence-electron chi connectivity index (χ3n) is 6.24. The summed E-state index contributed by atoms with van der Waals surface area (Å²) in [6.07, 6.45) is 0. The van der Waals surface area contributed by atoms with Gasteiger partial charge >= 0.3 is 11.3 Å². The molecule has 0 saturated carbocycles. The minimum Gasteiger partial charge on any atom is -0.506 e. The molecule has 1 N–H and O–H groups in total. The number of fused-ring (bicyclic) bond motifs is 6. The Morgan fingerprint density at radius 2 is 1.09 bits per heavy atom. The van der Waals surface area contributed by atoms with E-state index in [9.17, 15) is 14.7 Å². The first-order valence-corrected chi connectivity index (χ1v) is 10.6. The lowest BCUT2D eigenvalue weighted by atomic mass is 10.0. The smallest absolute Gasteiger partial charge is 0.351 e. The molecule has 162 valence electrons. The largest absolute Gasteiger partial charge is 0.506 e. The SMILES string of the molecule is O=c1oc2cc3ccccc3cc2c(O)c1-c1cc2c(=O)oc3cc4ccccc4cc3c2o1. The van der Waals surface area contributed by atoms with Gasteiger partial charge in [-0.2, -0.15) is 0 Å². The van der Waals surface area contributed by atoms with Crippen LogP contribution in [-0.2, 0) is 0 Å². The summed E-state index contributed by atoms with van der Waals surface area (Å²) in [4.78, 5) is 25.6. The molecule has 0 aliphatic carbocycles. The molecule has 0 amide bonds. The molecule has 34 heavy (non-hydrogen) atoms. The van der Waals surface area contributed by atoms with E-state index in [0.29, 0.717) is 16.4 Å². The summed E-state index contributed by atoms with van der Waals surface area (Å²) < 4.78 is 17.1. The Kier molecular flexibility index (Phi) is 3.62. The molecule has 4 aromatic carbocycles. The second-order valence-corrected chi connectivity index (χ2v) is 8.25. The normalized spacial score (nSPS) is 11.9. The average Bonchev–Trinajstić information content (AvgIpc) is 3.28. The molecule has 6 nitrogen and oxygen atoms in total. The van der Waals surface area contributed by atoms with Gasteiger partial charge < -0.3 is 18.4 Å². The fourth-order valence-corrected chi connectivity index (χ4v) is 4.59. The van der Waals surface area contributed by atoms with Crippen molar-refractivity contribution in [2.24, 2.45) is 0 Å². The molecule has 0 bridgehead atoms. The average molecular weight is 446 g/mol. The van der Waals surface area contributed by atoms with Gasteiger partial charge in [-0.1, -0.05) is 48.5 Å². The Labute approximate surface area is 189 Å². The lowest BCUT2D eigenvalue weighted by Crippen LogP contribution is -2.03. The monoisotopic (exact) mass is 446 g/mol. The zero-order valence-electron chi connectivity index (χ0n) is 17.5. The molecular weight excluding hydrogens is 432 g/mol.